The SMILES string of the molecule is COc1ccc(C(CN)CC(=O)O)cc1O. The van der Waals surface area contributed by atoms with Gasteiger partial charge < -0.3 is 20.7 Å². The van der Waals surface area contributed by atoms with Crippen molar-refractivity contribution < 1.29 is 19.7 Å². The number of methoxy groups -OCH3 is 1. The summed E-state index contributed by atoms with van der Waals surface area (Å²) in [6.07, 6.45) is -0.0533. The highest BCUT2D eigenvalue weighted by molar-refractivity contribution is 5.68. The summed E-state index contributed by atoms with van der Waals surface area (Å²) in [4.78, 5) is 10.6. The molecular formula is C11H15NO4. The number of hydrogen-bond acceptors (Lipinski definition) is 4. The highest BCUT2D eigenvalue weighted by atomic mass is 16.5. The van der Waals surface area contributed by atoms with Gasteiger partial charge >= 0.3 is 5.97 Å². The van der Waals surface area contributed by atoms with Gasteiger partial charge in [0.05, 0.1) is 13.5 Å². The summed E-state index contributed by atoms with van der Waals surface area (Å²) >= 11 is 0. The van der Waals surface area contributed by atoms with Crippen molar-refractivity contribution in [1.29, 1.82) is 0 Å². The maximum atomic E-state index is 10.6. The van der Waals surface area contributed by atoms with Crippen molar-refractivity contribution in [1.82, 2.24) is 0 Å². The molecule has 0 saturated carbocycles. The molecule has 0 aliphatic carbocycles. The predicted octanol–water partition coefficient (Wildman–Crippen LogP) is 0.918. The maximum absolute atomic E-state index is 10.6. The average molecular weight is 225 g/mol. The lowest BCUT2D eigenvalue weighted by Gasteiger charge is -2.14. The molecule has 16 heavy (non-hydrogen) atoms. The molecule has 0 aromatic heterocycles. The van der Waals surface area contributed by atoms with Crippen LogP contribution in [0, 0.1) is 0 Å². The summed E-state index contributed by atoms with van der Waals surface area (Å²) in [5.74, 6) is -0.862. The van der Waals surface area contributed by atoms with Crippen molar-refractivity contribution in [3.8, 4) is 11.5 Å². The van der Waals surface area contributed by atoms with Crippen molar-refractivity contribution in [2.45, 2.75) is 12.3 Å². The molecule has 0 heterocycles. The molecule has 5 heteroatoms. The van der Waals surface area contributed by atoms with Gasteiger partial charge in [-0.3, -0.25) is 4.79 Å². The zero-order chi connectivity index (χ0) is 12.1. The van der Waals surface area contributed by atoms with Crippen LogP contribution in [0.15, 0.2) is 18.2 Å². The van der Waals surface area contributed by atoms with Gasteiger partial charge in [0.25, 0.3) is 0 Å². The average Bonchev–Trinajstić information content (AvgIpc) is 2.25. The lowest BCUT2D eigenvalue weighted by Crippen LogP contribution is -2.16. The third-order valence-electron chi connectivity index (χ3n) is 2.38. The van der Waals surface area contributed by atoms with Crippen molar-refractivity contribution >= 4 is 5.97 Å². The van der Waals surface area contributed by atoms with E-state index in [9.17, 15) is 9.90 Å². The molecule has 1 aromatic rings. The number of benzene rings is 1. The van der Waals surface area contributed by atoms with Crippen LogP contribution < -0.4 is 10.5 Å². The number of rotatable bonds is 5. The molecule has 1 aromatic carbocycles. The number of carboxylic acids is 1. The van der Waals surface area contributed by atoms with E-state index in [4.69, 9.17) is 15.6 Å². The molecule has 0 aliphatic heterocycles. The van der Waals surface area contributed by atoms with Crippen molar-refractivity contribution in [2.24, 2.45) is 5.73 Å². The van der Waals surface area contributed by atoms with E-state index in [1.54, 1.807) is 12.1 Å². The van der Waals surface area contributed by atoms with Gasteiger partial charge in [-0.15, -0.1) is 0 Å². The standard InChI is InChI=1S/C11H15NO4/c1-16-10-3-2-7(4-9(10)13)8(6-12)5-11(14)15/h2-4,8,13H,5-6,12H2,1H3,(H,14,15). The van der Waals surface area contributed by atoms with Gasteiger partial charge in [0.1, 0.15) is 0 Å². The summed E-state index contributed by atoms with van der Waals surface area (Å²) in [6, 6.07) is 4.79. The normalized spacial score (nSPS) is 12.1. The molecule has 1 rings (SSSR count). The molecule has 88 valence electrons. The van der Waals surface area contributed by atoms with E-state index in [1.807, 2.05) is 0 Å². The number of carbonyl (C=O) groups is 1. The van der Waals surface area contributed by atoms with E-state index < -0.39 is 5.97 Å². The molecule has 0 saturated heterocycles. The van der Waals surface area contributed by atoms with E-state index in [1.165, 1.54) is 13.2 Å². The largest absolute Gasteiger partial charge is 0.504 e. The number of aromatic hydroxyl groups is 1. The topological polar surface area (TPSA) is 92.8 Å². The molecule has 1 atom stereocenters. The van der Waals surface area contributed by atoms with Gasteiger partial charge in [-0.1, -0.05) is 6.07 Å². The van der Waals surface area contributed by atoms with Crippen molar-refractivity contribution in [3.63, 3.8) is 0 Å². The van der Waals surface area contributed by atoms with Gasteiger partial charge in [-0.2, -0.15) is 0 Å². The van der Waals surface area contributed by atoms with Crippen LogP contribution in [0.25, 0.3) is 0 Å². The van der Waals surface area contributed by atoms with E-state index in [-0.39, 0.29) is 24.6 Å². The van der Waals surface area contributed by atoms with E-state index in [0.717, 1.165) is 0 Å². The third kappa shape index (κ3) is 2.87. The first kappa shape index (κ1) is 12.3. The highest BCUT2D eigenvalue weighted by Gasteiger charge is 2.15. The summed E-state index contributed by atoms with van der Waals surface area (Å²) < 4.78 is 4.90. The molecule has 0 radical (unpaired) electrons. The second kappa shape index (κ2) is 5.37. The van der Waals surface area contributed by atoms with Crippen LogP contribution >= 0.6 is 0 Å². The molecule has 0 amide bonds. The first-order valence-electron chi connectivity index (χ1n) is 4.87. The highest BCUT2D eigenvalue weighted by Crippen LogP contribution is 2.30. The van der Waals surface area contributed by atoms with Gasteiger partial charge in [0.15, 0.2) is 11.5 Å². The minimum atomic E-state index is -0.911. The van der Waals surface area contributed by atoms with Gasteiger partial charge in [-0.25, -0.2) is 0 Å². The minimum absolute atomic E-state index is 0.0103. The Morgan fingerprint density at radius 1 is 1.56 bits per heavy atom. The summed E-state index contributed by atoms with van der Waals surface area (Å²) in [6.45, 7) is 0.220. The Kier molecular flexibility index (Phi) is 4.13. The zero-order valence-electron chi connectivity index (χ0n) is 9.01. The first-order chi connectivity index (χ1) is 7.58. The Bertz CT molecular complexity index is 378. The Morgan fingerprint density at radius 3 is 2.69 bits per heavy atom. The molecule has 0 aliphatic rings. The molecule has 0 spiro atoms. The zero-order valence-corrected chi connectivity index (χ0v) is 9.01. The van der Waals surface area contributed by atoms with Crippen LogP contribution in [0.3, 0.4) is 0 Å². The van der Waals surface area contributed by atoms with Crippen LogP contribution in [0.1, 0.15) is 17.9 Å². The Morgan fingerprint density at radius 2 is 2.25 bits per heavy atom. The minimum Gasteiger partial charge on any atom is -0.504 e. The Balaban J connectivity index is 2.93. The van der Waals surface area contributed by atoms with Gasteiger partial charge in [0, 0.05) is 5.92 Å². The second-order valence-electron chi connectivity index (χ2n) is 3.46. The van der Waals surface area contributed by atoms with Crippen LogP contribution in [0.5, 0.6) is 11.5 Å². The van der Waals surface area contributed by atoms with Crippen LogP contribution in [0.4, 0.5) is 0 Å². The molecule has 4 N–H and O–H groups in total. The Hall–Kier alpha value is -1.75. The number of carboxylic acid groups (broad SMARTS) is 1. The monoisotopic (exact) mass is 225 g/mol. The Labute approximate surface area is 93.5 Å². The van der Waals surface area contributed by atoms with E-state index in [2.05, 4.69) is 0 Å². The van der Waals surface area contributed by atoms with Crippen molar-refractivity contribution in [2.75, 3.05) is 13.7 Å². The lowest BCUT2D eigenvalue weighted by molar-refractivity contribution is -0.137. The lowest BCUT2D eigenvalue weighted by atomic mass is 9.95. The van der Waals surface area contributed by atoms with Crippen LogP contribution in [-0.4, -0.2) is 29.8 Å². The molecule has 0 fully saturated rings. The van der Waals surface area contributed by atoms with E-state index in [0.29, 0.717) is 11.3 Å². The summed E-state index contributed by atoms with van der Waals surface area (Å²) in [5, 5.41) is 18.3. The summed E-state index contributed by atoms with van der Waals surface area (Å²) in [5.41, 5.74) is 6.19. The fourth-order valence-electron chi connectivity index (χ4n) is 1.51. The summed E-state index contributed by atoms with van der Waals surface area (Å²) in [7, 11) is 1.45. The maximum Gasteiger partial charge on any atom is 0.304 e. The molecule has 0 bridgehead atoms. The third-order valence-corrected chi connectivity index (χ3v) is 2.38. The van der Waals surface area contributed by atoms with Crippen molar-refractivity contribution in [3.05, 3.63) is 23.8 Å². The van der Waals surface area contributed by atoms with Crippen LogP contribution in [-0.2, 0) is 4.79 Å². The van der Waals surface area contributed by atoms with Gasteiger partial charge in [0.2, 0.25) is 0 Å². The quantitative estimate of drug-likeness (QED) is 0.692. The van der Waals surface area contributed by atoms with Crippen LogP contribution in [0.2, 0.25) is 0 Å². The predicted molar refractivity (Wildman–Crippen MR) is 58.7 cm³/mol. The molecule has 5 nitrogen and oxygen atoms in total. The first-order valence-corrected chi connectivity index (χ1v) is 4.87. The van der Waals surface area contributed by atoms with E-state index >= 15 is 0 Å². The number of hydrogen-bond donors (Lipinski definition) is 3. The smallest absolute Gasteiger partial charge is 0.304 e. The number of nitrogens with two attached hydrogens (primary N) is 1. The fourth-order valence-corrected chi connectivity index (χ4v) is 1.51. The van der Waals surface area contributed by atoms with Gasteiger partial charge in [-0.05, 0) is 24.2 Å². The molecule has 1 unspecified atom stereocenters. The number of ether oxygens (including phenoxy) is 1. The second-order valence-corrected chi connectivity index (χ2v) is 3.46. The number of phenolic OH excluding ortho intramolecular Hbond substituents is 1. The number of aliphatic carboxylic acids is 1. The molecular weight excluding hydrogens is 210 g/mol. The fraction of sp³-hybridized carbons (Fsp3) is 0.364. The number of phenols is 1.